The maximum absolute atomic E-state index is 5.72. The first kappa shape index (κ1) is 14.7. The minimum atomic E-state index is 0.0425. The van der Waals surface area contributed by atoms with Crippen LogP contribution in [0.5, 0.6) is 11.5 Å². The van der Waals surface area contributed by atoms with Gasteiger partial charge in [0.05, 0.1) is 5.60 Å². The Morgan fingerprint density at radius 1 is 1.25 bits per heavy atom. The first-order valence-corrected chi connectivity index (χ1v) is 8.63. The molecule has 1 aromatic rings. The normalized spacial score (nSPS) is 21.1. The quantitative estimate of drug-likeness (QED) is 0.684. The van der Waals surface area contributed by atoms with E-state index in [0.29, 0.717) is 13.2 Å². The molecular formula is C15H18Br2O3. The lowest BCUT2D eigenvalue weighted by Crippen LogP contribution is -2.39. The molecule has 0 amide bonds. The molecule has 20 heavy (non-hydrogen) atoms. The number of hydrogen-bond donors (Lipinski definition) is 0. The van der Waals surface area contributed by atoms with E-state index in [-0.39, 0.29) is 10.4 Å². The van der Waals surface area contributed by atoms with Gasteiger partial charge in [-0.25, -0.2) is 0 Å². The van der Waals surface area contributed by atoms with Crippen LogP contribution in [0.2, 0.25) is 0 Å². The lowest BCUT2D eigenvalue weighted by Gasteiger charge is -2.42. The monoisotopic (exact) mass is 404 g/mol. The molecule has 1 atom stereocenters. The Morgan fingerprint density at radius 2 is 1.90 bits per heavy atom. The van der Waals surface area contributed by atoms with Crippen LogP contribution in [0.1, 0.15) is 36.1 Å². The van der Waals surface area contributed by atoms with Gasteiger partial charge in [0.25, 0.3) is 0 Å². The third-order valence-corrected chi connectivity index (χ3v) is 5.75. The van der Waals surface area contributed by atoms with E-state index in [1.54, 1.807) is 0 Å². The molecule has 1 aliphatic heterocycles. The predicted octanol–water partition coefficient (Wildman–Crippen LogP) is 4.62. The number of hydrogen-bond acceptors (Lipinski definition) is 3. The molecule has 0 bridgehead atoms. The standard InChI is InChI=1S/C15H18Br2O3/c1-18-15(3-2-4-15)9-12(17)10-7-13-14(8-11(10)16)20-6-5-19-13/h7-8,12H,2-6,9H2,1H3. The Morgan fingerprint density at radius 3 is 2.45 bits per heavy atom. The van der Waals surface area contributed by atoms with E-state index in [1.807, 2.05) is 13.2 Å². The minimum Gasteiger partial charge on any atom is -0.486 e. The molecule has 0 radical (unpaired) electrons. The van der Waals surface area contributed by atoms with Gasteiger partial charge in [0.2, 0.25) is 0 Å². The van der Waals surface area contributed by atoms with Crippen LogP contribution in [0.4, 0.5) is 0 Å². The summed E-state index contributed by atoms with van der Waals surface area (Å²) in [7, 11) is 1.82. The molecule has 1 heterocycles. The van der Waals surface area contributed by atoms with E-state index in [9.17, 15) is 0 Å². The van der Waals surface area contributed by atoms with Crippen LogP contribution in [0.3, 0.4) is 0 Å². The van der Waals surface area contributed by atoms with Crippen molar-refractivity contribution in [3.8, 4) is 11.5 Å². The summed E-state index contributed by atoms with van der Waals surface area (Å²) in [4.78, 5) is 0.243. The SMILES string of the molecule is COC1(CC(Br)c2cc3c(cc2Br)OCCO3)CCC1. The first-order chi connectivity index (χ1) is 9.63. The zero-order chi connectivity index (χ0) is 14.2. The van der Waals surface area contributed by atoms with Gasteiger partial charge in [0.15, 0.2) is 11.5 Å². The molecule has 0 saturated heterocycles. The zero-order valence-corrected chi connectivity index (χ0v) is 14.6. The van der Waals surface area contributed by atoms with Crippen molar-refractivity contribution in [1.29, 1.82) is 0 Å². The number of alkyl halides is 1. The second-order valence-electron chi connectivity index (χ2n) is 5.43. The van der Waals surface area contributed by atoms with E-state index in [4.69, 9.17) is 14.2 Å². The molecule has 1 unspecified atom stereocenters. The highest BCUT2D eigenvalue weighted by molar-refractivity contribution is 9.11. The molecule has 2 aliphatic rings. The highest BCUT2D eigenvalue weighted by Crippen LogP contribution is 2.47. The van der Waals surface area contributed by atoms with Crippen LogP contribution in [-0.2, 0) is 4.74 Å². The van der Waals surface area contributed by atoms with Gasteiger partial charge in [0.1, 0.15) is 13.2 Å². The molecule has 0 spiro atoms. The average Bonchev–Trinajstić information content (AvgIpc) is 2.42. The summed E-state index contributed by atoms with van der Waals surface area (Å²) in [5, 5.41) is 0. The molecule has 1 aromatic carbocycles. The van der Waals surface area contributed by atoms with Gasteiger partial charge in [0, 0.05) is 16.4 Å². The molecule has 5 heteroatoms. The molecule has 3 rings (SSSR count). The number of ether oxygens (including phenoxy) is 3. The molecule has 3 nitrogen and oxygen atoms in total. The van der Waals surface area contributed by atoms with Crippen molar-refractivity contribution in [2.24, 2.45) is 0 Å². The Bertz CT molecular complexity index is 495. The van der Waals surface area contributed by atoms with Gasteiger partial charge in [-0.05, 0) is 43.4 Å². The van der Waals surface area contributed by atoms with E-state index >= 15 is 0 Å². The second kappa shape index (κ2) is 5.85. The fourth-order valence-corrected chi connectivity index (χ4v) is 4.69. The molecule has 110 valence electrons. The highest BCUT2D eigenvalue weighted by atomic mass is 79.9. The largest absolute Gasteiger partial charge is 0.486 e. The van der Waals surface area contributed by atoms with Gasteiger partial charge in [-0.1, -0.05) is 31.9 Å². The summed E-state index contributed by atoms with van der Waals surface area (Å²) in [6.45, 7) is 1.23. The third kappa shape index (κ3) is 2.72. The van der Waals surface area contributed by atoms with Gasteiger partial charge >= 0.3 is 0 Å². The predicted molar refractivity (Wildman–Crippen MR) is 85.0 cm³/mol. The topological polar surface area (TPSA) is 27.7 Å². The van der Waals surface area contributed by atoms with E-state index < -0.39 is 0 Å². The zero-order valence-electron chi connectivity index (χ0n) is 11.5. The maximum atomic E-state index is 5.72. The number of methoxy groups -OCH3 is 1. The van der Waals surface area contributed by atoms with E-state index in [1.165, 1.54) is 12.0 Å². The van der Waals surface area contributed by atoms with Crippen LogP contribution < -0.4 is 9.47 Å². The van der Waals surface area contributed by atoms with Crippen molar-refractivity contribution in [3.05, 3.63) is 22.2 Å². The molecular weight excluding hydrogens is 388 g/mol. The minimum absolute atomic E-state index is 0.0425. The molecule has 1 aliphatic carbocycles. The first-order valence-electron chi connectivity index (χ1n) is 6.92. The number of rotatable bonds is 4. The fraction of sp³-hybridized carbons (Fsp3) is 0.600. The lowest BCUT2D eigenvalue weighted by atomic mass is 9.76. The number of halogens is 2. The summed E-state index contributed by atoms with van der Waals surface area (Å²) in [5.74, 6) is 1.65. The fourth-order valence-electron chi connectivity index (χ4n) is 2.82. The molecule has 0 aromatic heterocycles. The molecule has 1 fully saturated rings. The highest BCUT2D eigenvalue weighted by Gasteiger charge is 2.39. The lowest BCUT2D eigenvalue weighted by molar-refractivity contribution is -0.0773. The van der Waals surface area contributed by atoms with Crippen molar-refractivity contribution in [2.75, 3.05) is 20.3 Å². The summed E-state index contributed by atoms with van der Waals surface area (Å²) in [6, 6.07) is 4.07. The van der Waals surface area contributed by atoms with Crippen molar-refractivity contribution in [3.63, 3.8) is 0 Å². The number of fused-ring (bicyclic) bond motifs is 1. The van der Waals surface area contributed by atoms with Crippen LogP contribution in [0, 0.1) is 0 Å². The van der Waals surface area contributed by atoms with Crippen LogP contribution in [-0.4, -0.2) is 25.9 Å². The Balaban J connectivity index is 1.82. The summed E-state index contributed by atoms with van der Waals surface area (Å²) in [6.07, 6.45) is 4.53. The van der Waals surface area contributed by atoms with E-state index in [0.717, 1.165) is 35.2 Å². The summed E-state index contributed by atoms with van der Waals surface area (Å²) in [5.41, 5.74) is 1.23. The average molecular weight is 406 g/mol. The molecule has 1 saturated carbocycles. The molecule has 0 N–H and O–H groups in total. The maximum Gasteiger partial charge on any atom is 0.162 e. The van der Waals surface area contributed by atoms with Crippen molar-refractivity contribution in [2.45, 2.75) is 36.1 Å². The Kier molecular flexibility index (Phi) is 4.29. The van der Waals surface area contributed by atoms with Gasteiger partial charge in [-0.2, -0.15) is 0 Å². The summed E-state index contributed by atoms with van der Waals surface area (Å²) < 4.78 is 18.0. The van der Waals surface area contributed by atoms with Gasteiger partial charge < -0.3 is 14.2 Å². The van der Waals surface area contributed by atoms with Gasteiger partial charge in [-0.3, -0.25) is 0 Å². The Labute approximate surface area is 136 Å². The van der Waals surface area contributed by atoms with Crippen LogP contribution >= 0.6 is 31.9 Å². The second-order valence-corrected chi connectivity index (χ2v) is 7.39. The Hall–Kier alpha value is -0.260. The van der Waals surface area contributed by atoms with Crippen molar-refractivity contribution in [1.82, 2.24) is 0 Å². The van der Waals surface area contributed by atoms with E-state index in [2.05, 4.69) is 37.9 Å². The van der Waals surface area contributed by atoms with Crippen LogP contribution in [0.15, 0.2) is 16.6 Å². The van der Waals surface area contributed by atoms with Crippen LogP contribution in [0.25, 0.3) is 0 Å². The third-order valence-electron chi connectivity index (χ3n) is 4.25. The van der Waals surface area contributed by atoms with Crippen molar-refractivity contribution >= 4 is 31.9 Å². The smallest absolute Gasteiger partial charge is 0.162 e. The van der Waals surface area contributed by atoms with Crippen molar-refractivity contribution < 1.29 is 14.2 Å². The van der Waals surface area contributed by atoms with Gasteiger partial charge in [-0.15, -0.1) is 0 Å². The summed E-state index contributed by atoms with van der Waals surface area (Å²) >= 11 is 7.45. The number of benzene rings is 1.